The van der Waals surface area contributed by atoms with Crippen molar-refractivity contribution in [1.29, 1.82) is 0 Å². The molecule has 0 radical (unpaired) electrons. The van der Waals surface area contributed by atoms with Crippen LogP contribution in [-0.4, -0.2) is 28.9 Å². The maximum absolute atomic E-state index is 14.3. The van der Waals surface area contributed by atoms with Crippen LogP contribution in [0.1, 0.15) is 63.9 Å². The second kappa shape index (κ2) is 8.90. The third-order valence-corrected chi connectivity index (χ3v) is 9.82. The van der Waals surface area contributed by atoms with Crippen LogP contribution < -0.4 is 0 Å². The van der Waals surface area contributed by atoms with E-state index >= 15 is 0 Å². The normalized spacial score (nSPS) is 32.8. The molecule has 5 rings (SSSR count). The van der Waals surface area contributed by atoms with Gasteiger partial charge in [-0.2, -0.15) is 0 Å². The van der Waals surface area contributed by atoms with Crippen molar-refractivity contribution >= 4 is 5.78 Å². The van der Waals surface area contributed by atoms with Crippen LogP contribution in [0.25, 0.3) is 11.1 Å². The van der Waals surface area contributed by atoms with Gasteiger partial charge in [0, 0.05) is 24.9 Å². The van der Waals surface area contributed by atoms with Gasteiger partial charge in [0.05, 0.1) is 5.41 Å². The Labute approximate surface area is 209 Å². The Balaban J connectivity index is 1.44. The number of aliphatic hydroxyl groups is 1. The van der Waals surface area contributed by atoms with E-state index in [1.165, 1.54) is 19.3 Å². The van der Waals surface area contributed by atoms with Crippen LogP contribution in [0.5, 0.6) is 5.75 Å². The topological polar surface area (TPSA) is 66.8 Å². The van der Waals surface area contributed by atoms with Crippen molar-refractivity contribution in [2.24, 2.45) is 22.7 Å². The van der Waals surface area contributed by atoms with E-state index in [-0.39, 0.29) is 17.5 Å². The van der Waals surface area contributed by atoms with Crippen LogP contribution in [0, 0.1) is 22.7 Å². The third-order valence-electron chi connectivity index (χ3n) is 9.82. The molecule has 0 amide bonds. The molecule has 2 aromatic carbocycles. The number of fused-ring (bicyclic) bond motifs is 2. The summed E-state index contributed by atoms with van der Waals surface area (Å²) in [6, 6.07) is 15.4. The van der Waals surface area contributed by atoms with Crippen molar-refractivity contribution in [2.75, 3.05) is 7.11 Å². The van der Waals surface area contributed by atoms with Crippen molar-refractivity contribution in [2.45, 2.75) is 70.5 Å². The third kappa shape index (κ3) is 3.44. The van der Waals surface area contributed by atoms with Gasteiger partial charge in [-0.05, 0) is 66.8 Å². The first-order valence-electron chi connectivity index (χ1n) is 13.2. The van der Waals surface area contributed by atoms with E-state index in [0.29, 0.717) is 25.2 Å². The average molecular weight is 475 g/mol. The van der Waals surface area contributed by atoms with Crippen LogP contribution in [-0.2, 0) is 16.0 Å². The van der Waals surface area contributed by atoms with Crippen molar-refractivity contribution in [1.82, 2.24) is 0 Å². The highest BCUT2D eigenvalue weighted by molar-refractivity contribution is 5.89. The Bertz CT molecular complexity index is 1130. The fraction of sp³-hybridized carbons (Fsp3) is 0.516. The summed E-state index contributed by atoms with van der Waals surface area (Å²) in [4.78, 5) is 14.3. The number of ketones is 1. The monoisotopic (exact) mass is 474 g/mol. The minimum absolute atomic E-state index is 0.110. The largest absolute Gasteiger partial charge is 0.508 e. The second-order valence-corrected chi connectivity index (χ2v) is 11.1. The predicted molar refractivity (Wildman–Crippen MR) is 138 cm³/mol. The number of Topliss-reactive ketones (excluding diaryl/α,β-unsaturated/α-hetero) is 1. The molecular formula is C31H38O4. The van der Waals surface area contributed by atoms with E-state index < -0.39 is 16.6 Å². The van der Waals surface area contributed by atoms with E-state index in [0.717, 1.165) is 41.5 Å². The van der Waals surface area contributed by atoms with Crippen molar-refractivity contribution in [3.8, 4) is 16.9 Å². The molecule has 0 aliphatic heterocycles. The number of phenols is 1. The highest BCUT2D eigenvalue weighted by Gasteiger charge is 2.79. The molecule has 2 N–H and O–H groups in total. The minimum atomic E-state index is -1.48. The van der Waals surface area contributed by atoms with Crippen LogP contribution in [0.15, 0.2) is 60.7 Å². The van der Waals surface area contributed by atoms with E-state index in [9.17, 15) is 15.0 Å². The molecule has 2 bridgehead atoms. The first-order chi connectivity index (χ1) is 16.8. The van der Waals surface area contributed by atoms with Crippen molar-refractivity contribution < 1.29 is 19.7 Å². The molecule has 3 aliphatic rings. The van der Waals surface area contributed by atoms with Crippen molar-refractivity contribution in [3.05, 3.63) is 66.2 Å². The number of carbonyl (C=O) groups excluding carboxylic acids is 1. The number of phenolic OH excluding ortho intramolecular Hbond substituents is 1. The molecule has 3 aliphatic carbocycles. The standard InChI is InChI=1S/C31H38O4/c1-21-27-17-18-30(31(27,34)35-3,29(21,2)25-12-5-4-6-13-25)28(33)16-15-22-9-7-10-23(19-22)24-11-8-14-26(32)20-24/h7-11,14,19-20,25,27,32,34H,1,4-6,12-13,15-18H2,2-3H3. The molecule has 2 aromatic rings. The lowest BCUT2D eigenvalue weighted by Gasteiger charge is -2.52. The highest BCUT2D eigenvalue weighted by Crippen LogP contribution is 2.75. The van der Waals surface area contributed by atoms with Crippen LogP contribution in [0.3, 0.4) is 0 Å². The zero-order valence-electron chi connectivity index (χ0n) is 21.1. The van der Waals surface area contributed by atoms with Gasteiger partial charge >= 0.3 is 0 Å². The summed E-state index contributed by atoms with van der Waals surface area (Å²) < 4.78 is 5.86. The molecule has 35 heavy (non-hydrogen) atoms. The van der Waals surface area contributed by atoms with Gasteiger partial charge in [-0.15, -0.1) is 0 Å². The summed E-state index contributed by atoms with van der Waals surface area (Å²) >= 11 is 0. The van der Waals surface area contributed by atoms with Crippen LogP contribution in [0.4, 0.5) is 0 Å². The average Bonchev–Trinajstić information content (AvgIpc) is 3.27. The number of aryl methyl sites for hydroxylation is 1. The zero-order chi connectivity index (χ0) is 24.8. The Hall–Kier alpha value is -2.43. The summed E-state index contributed by atoms with van der Waals surface area (Å²) in [5, 5.41) is 21.8. The molecule has 4 unspecified atom stereocenters. The van der Waals surface area contributed by atoms with Gasteiger partial charge in [0.2, 0.25) is 0 Å². The van der Waals surface area contributed by atoms with Gasteiger partial charge in [-0.1, -0.05) is 74.7 Å². The van der Waals surface area contributed by atoms with E-state index in [4.69, 9.17) is 4.74 Å². The lowest BCUT2D eigenvalue weighted by atomic mass is 9.51. The van der Waals surface area contributed by atoms with Gasteiger partial charge in [0.15, 0.2) is 5.79 Å². The SMILES string of the molecule is C=C1C2CCC(C(=O)CCc3cccc(-c4cccc(O)c4)c3)(C2(O)OC)C1(C)C1CCCCC1. The molecular weight excluding hydrogens is 436 g/mol. The second-order valence-electron chi connectivity index (χ2n) is 11.1. The smallest absolute Gasteiger partial charge is 0.185 e. The Morgan fingerprint density at radius 2 is 1.74 bits per heavy atom. The first-order valence-corrected chi connectivity index (χ1v) is 13.2. The molecule has 0 heterocycles. The van der Waals surface area contributed by atoms with Crippen molar-refractivity contribution in [3.63, 3.8) is 0 Å². The lowest BCUT2D eigenvalue weighted by Crippen LogP contribution is -2.58. The highest BCUT2D eigenvalue weighted by atomic mass is 16.6. The number of rotatable bonds is 7. The number of benzene rings is 2. The summed E-state index contributed by atoms with van der Waals surface area (Å²) in [5.74, 6) is -0.957. The summed E-state index contributed by atoms with van der Waals surface area (Å²) in [6.45, 7) is 6.70. The number of hydrogen-bond donors (Lipinski definition) is 2. The van der Waals surface area contributed by atoms with Gasteiger partial charge < -0.3 is 14.9 Å². The van der Waals surface area contributed by atoms with E-state index in [1.807, 2.05) is 30.3 Å². The minimum Gasteiger partial charge on any atom is -0.508 e. The molecule has 3 saturated carbocycles. The van der Waals surface area contributed by atoms with Crippen LogP contribution >= 0.6 is 0 Å². The van der Waals surface area contributed by atoms with Gasteiger partial charge in [0.25, 0.3) is 0 Å². The molecule has 3 fully saturated rings. The predicted octanol–water partition coefficient (Wildman–Crippen LogP) is 6.45. The number of methoxy groups -OCH3 is 1. The number of carbonyl (C=O) groups is 1. The number of ether oxygens (including phenoxy) is 1. The summed E-state index contributed by atoms with van der Waals surface area (Å²) in [5.41, 5.74) is 2.67. The van der Waals surface area contributed by atoms with Gasteiger partial charge in [-0.25, -0.2) is 0 Å². The first kappa shape index (κ1) is 24.3. The number of hydrogen-bond acceptors (Lipinski definition) is 4. The summed E-state index contributed by atoms with van der Waals surface area (Å²) in [6.07, 6.45) is 8.15. The molecule has 4 heteroatoms. The maximum Gasteiger partial charge on any atom is 0.185 e. The van der Waals surface area contributed by atoms with Crippen LogP contribution in [0.2, 0.25) is 0 Å². The Morgan fingerprint density at radius 3 is 2.43 bits per heavy atom. The Kier molecular flexibility index (Phi) is 6.17. The molecule has 0 saturated heterocycles. The number of aromatic hydroxyl groups is 1. The van der Waals surface area contributed by atoms with Gasteiger partial charge in [-0.3, -0.25) is 4.79 Å². The fourth-order valence-electron chi connectivity index (χ4n) is 8.01. The maximum atomic E-state index is 14.3. The molecule has 0 spiro atoms. The lowest BCUT2D eigenvalue weighted by molar-refractivity contribution is -0.258. The molecule has 4 nitrogen and oxygen atoms in total. The van der Waals surface area contributed by atoms with Gasteiger partial charge in [0.1, 0.15) is 11.5 Å². The summed E-state index contributed by atoms with van der Waals surface area (Å²) in [7, 11) is 1.55. The van der Waals surface area contributed by atoms with E-state index in [2.05, 4.69) is 19.6 Å². The zero-order valence-corrected chi connectivity index (χ0v) is 21.1. The molecule has 186 valence electrons. The Morgan fingerprint density at radius 1 is 1.06 bits per heavy atom. The molecule has 0 aromatic heterocycles. The van der Waals surface area contributed by atoms with E-state index in [1.54, 1.807) is 19.2 Å². The molecule has 4 atom stereocenters. The quantitative estimate of drug-likeness (QED) is 0.358. The fourth-order valence-corrected chi connectivity index (χ4v) is 8.01.